The molecule has 2 fully saturated rings. The lowest BCUT2D eigenvalue weighted by Crippen LogP contribution is -2.41. The fourth-order valence-corrected chi connectivity index (χ4v) is 3.49. The minimum atomic E-state index is -0.851. The molecule has 2 saturated carbocycles. The number of carboxylic acid groups (broad SMARTS) is 1. The van der Waals surface area contributed by atoms with E-state index in [9.17, 15) is 14.7 Å². The highest BCUT2D eigenvalue weighted by atomic mass is 16.4. The molecule has 2 atom stereocenters. The highest BCUT2D eigenvalue weighted by Gasteiger charge is 2.42. The van der Waals surface area contributed by atoms with Crippen LogP contribution in [0, 0.1) is 29.6 Å². The molecule has 110 valence electrons. The van der Waals surface area contributed by atoms with E-state index in [-0.39, 0.29) is 5.91 Å². The Morgan fingerprint density at radius 1 is 1.05 bits per heavy atom. The van der Waals surface area contributed by atoms with Gasteiger partial charge in [0.2, 0.25) is 5.91 Å². The Bertz CT molecular complexity index is 411. The van der Waals surface area contributed by atoms with Gasteiger partial charge in [-0.3, -0.25) is 9.59 Å². The molecule has 0 saturated heterocycles. The van der Waals surface area contributed by atoms with Crippen molar-refractivity contribution < 1.29 is 14.7 Å². The number of carboxylic acids is 1. The van der Waals surface area contributed by atoms with Crippen molar-refractivity contribution in [3.8, 4) is 0 Å². The summed E-state index contributed by atoms with van der Waals surface area (Å²) < 4.78 is 0. The highest BCUT2D eigenvalue weighted by molar-refractivity contribution is 5.85. The molecule has 0 bridgehead atoms. The predicted octanol–water partition coefficient (Wildman–Crippen LogP) is 2.21. The third kappa shape index (κ3) is 3.05. The van der Waals surface area contributed by atoms with Crippen LogP contribution in [0.4, 0.5) is 0 Å². The van der Waals surface area contributed by atoms with Crippen LogP contribution < -0.4 is 5.32 Å². The largest absolute Gasteiger partial charge is 0.481 e. The molecular weight excluding hydrogens is 254 g/mol. The number of hydrogen-bond donors (Lipinski definition) is 2. The van der Waals surface area contributed by atoms with Gasteiger partial charge >= 0.3 is 5.97 Å². The molecule has 0 aliphatic heterocycles. The van der Waals surface area contributed by atoms with Crippen LogP contribution in [0.5, 0.6) is 0 Å². The Morgan fingerprint density at radius 3 is 2.10 bits per heavy atom. The van der Waals surface area contributed by atoms with E-state index in [1.165, 1.54) is 25.7 Å². The van der Waals surface area contributed by atoms with Gasteiger partial charge in [0.05, 0.1) is 11.8 Å². The van der Waals surface area contributed by atoms with Gasteiger partial charge in [0.15, 0.2) is 0 Å². The lowest BCUT2D eigenvalue weighted by molar-refractivity contribution is -0.147. The van der Waals surface area contributed by atoms with Gasteiger partial charge in [-0.05, 0) is 56.3 Å². The van der Waals surface area contributed by atoms with Crippen LogP contribution in [-0.4, -0.2) is 23.5 Å². The first-order valence-corrected chi connectivity index (χ1v) is 7.82. The number of rotatable bonds is 6. The maximum Gasteiger partial charge on any atom is 0.307 e. The number of carbonyl (C=O) groups is 2. The topological polar surface area (TPSA) is 66.4 Å². The minimum absolute atomic E-state index is 0.0620. The van der Waals surface area contributed by atoms with E-state index < -0.39 is 17.8 Å². The summed E-state index contributed by atoms with van der Waals surface area (Å²) in [5.41, 5.74) is 0. The molecule has 0 aromatic carbocycles. The zero-order valence-electron chi connectivity index (χ0n) is 11.8. The van der Waals surface area contributed by atoms with Crippen LogP contribution >= 0.6 is 0 Å². The lowest BCUT2D eigenvalue weighted by atomic mass is 9.82. The number of carbonyl (C=O) groups excluding carboxylic acids is 1. The molecule has 0 aromatic heterocycles. The molecular formula is C16H23NO3. The molecule has 3 aliphatic carbocycles. The van der Waals surface area contributed by atoms with Crippen LogP contribution in [0.25, 0.3) is 0 Å². The van der Waals surface area contributed by atoms with Gasteiger partial charge in [0.25, 0.3) is 0 Å². The molecule has 4 nitrogen and oxygen atoms in total. The van der Waals surface area contributed by atoms with E-state index in [4.69, 9.17) is 0 Å². The SMILES string of the molecule is O=C(O)[C@H]1CC=CC[C@H]1C(=O)NCC(C1CC1)C1CC1. The van der Waals surface area contributed by atoms with Gasteiger partial charge in [-0.15, -0.1) is 0 Å². The van der Waals surface area contributed by atoms with Crippen molar-refractivity contribution in [1.82, 2.24) is 5.32 Å². The van der Waals surface area contributed by atoms with E-state index in [0.717, 1.165) is 18.4 Å². The molecule has 0 unspecified atom stereocenters. The summed E-state index contributed by atoms with van der Waals surface area (Å²) in [6.07, 6.45) is 10.1. The maximum absolute atomic E-state index is 12.3. The zero-order valence-corrected chi connectivity index (χ0v) is 11.8. The Hall–Kier alpha value is -1.32. The number of hydrogen-bond acceptors (Lipinski definition) is 2. The Labute approximate surface area is 119 Å². The maximum atomic E-state index is 12.3. The Kier molecular flexibility index (Phi) is 3.81. The highest BCUT2D eigenvalue weighted by Crippen LogP contribution is 2.48. The second-order valence-electron chi connectivity index (χ2n) is 6.58. The molecule has 2 N–H and O–H groups in total. The number of nitrogens with one attached hydrogen (secondary N) is 1. The van der Waals surface area contributed by atoms with Gasteiger partial charge in [0.1, 0.15) is 0 Å². The first-order chi connectivity index (χ1) is 9.66. The number of aliphatic carboxylic acids is 1. The molecule has 0 heterocycles. The first kappa shape index (κ1) is 13.7. The zero-order chi connectivity index (χ0) is 14.1. The monoisotopic (exact) mass is 277 g/mol. The van der Waals surface area contributed by atoms with Crippen molar-refractivity contribution in [2.75, 3.05) is 6.54 Å². The van der Waals surface area contributed by atoms with Crippen LogP contribution in [0.1, 0.15) is 38.5 Å². The molecule has 0 spiro atoms. The Balaban J connectivity index is 1.54. The fraction of sp³-hybridized carbons (Fsp3) is 0.750. The van der Waals surface area contributed by atoms with Crippen LogP contribution in [0.15, 0.2) is 12.2 Å². The summed E-state index contributed by atoms with van der Waals surface area (Å²) in [4.78, 5) is 23.5. The van der Waals surface area contributed by atoms with Gasteiger partial charge in [-0.25, -0.2) is 0 Å². The van der Waals surface area contributed by atoms with E-state index in [1.54, 1.807) is 0 Å². The summed E-state index contributed by atoms with van der Waals surface area (Å²) in [5, 5.41) is 12.3. The van der Waals surface area contributed by atoms with Crippen LogP contribution in [-0.2, 0) is 9.59 Å². The quantitative estimate of drug-likeness (QED) is 0.731. The predicted molar refractivity (Wildman–Crippen MR) is 74.9 cm³/mol. The summed E-state index contributed by atoms with van der Waals surface area (Å²) in [6, 6.07) is 0. The molecule has 4 heteroatoms. The normalized spacial score (nSPS) is 29.4. The van der Waals surface area contributed by atoms with Gasteiger partial charge < -0.3 is 10.4 Å². The number of allylic oxidation sites excluding steroid dienone is 2. The van der Waals surface area contributed by atoms with Gasteiger partial charge in [-0.2, -0.15) is 0 Å². The molecule has 3 aliphatic rings. The molecule has 20 heavy (non-hydrogen) atoms. The second kappa shape index (κ2) is 5.58. The van der Waals surface area contributed by atoms with E-state index in [0.29, 0.717) is 18.8 Å². The third-order valence-electron chi connectivity index (χ3n) is 5.05. The van der Waals surface area contributed by atoms with Crippen LogP contribution in [0.2, 0.25) is 0 Å². The van der Waals surface area contributed by atoms with Crippen LogP contribution in [0.3, 0.4) is 0 Å². The van der Waals surface area contributed by atoms with Crippen molar-refractivity contribution in [3.05, 3.63) is 12.2 Å². The average molecular weight is 277 g/mol. The first-order valence-electron chi connectivity index (χ1n) is 7.82. The van der Waals surface area contributed by atoms with Crippen molar-refractivity contribution in [3.63, 3.8) is 0 Å². The smallest absolute Gasteiger partial charge is 0.307 e. The van der Waals surface area contributed by atoms with Crippen molar-refractivity contribution in [1.29, 1.82) is 0 Å². The van der Waals surface area contributed by atoms with Gasteiger partial charge in [0, 0.05) is 6.54 Å². The Morgan fingerprint density at radius 2 is 1.60 bits per heavy atom. The third-order valence-corrected chi connectivity index (χ3v) is 5.05. The average Bonchev–Trinajstić information content (AvgIpc) is 3.31. The van der Waals surface area contributed by atoms with E-state index >= 15 is 0 Å². The van der Waals surface area contributed by atoms with E-state index in [1.807, 2.05) is 12.2 Å². The second-order valence-corrected chi connectivity index (χ2v) is 6.58. The molecule has 3 rings (SSSR count). The lowest BCUT2D eigenvalue weighted by Gasteiger charge is -2.25. The molecule has 1 amide bonds. The molecule has 0 aromatic rings. The minimum Gasteiger partial charge on any atom is -0.481 e. The standard InChI is InChI=1S/C16H23NO3/c18-15(12-3-1-2-4-13(12)16(19)20)17-9-14(10-5-6-10)11-7-8-11/h1-2,10-14H,3-9H2,(H,17,18)(H,19,20)/t12-,13+/m1/s1. The summed E-state index contributed by atoms with van der Waals surface area (Å²) in [5.74, 6) is 0.398. The summed E-state index contributed by atoms with van der Waals surface area (Å²) >= 11 is 0. The number of amides is 1. The van der Waals surface area contributed by atoms with Crippen molar-refractivity contribution >= 4 is 11.9 Å². The van der Waals surface area contributed by atoms with E-state index in [2.05, 4.69) is 5.32 Å². The summed E-state index contributed by atoms with van der Waals surface area (Å²) in [7, 11) is 0. The fourth-order valence-electron chi connectivity index (χ4n) is 3.49. The molecule has 0 radical (unpaired) electrons. The van der Waals surface area contributed by atoms with Crippen molar-refractivity contribution in [2.45, 2.75) is 38.5 Å². The van der Waals surface area contributed by atoms with Gasteiger partial charge in [-0.1, -0.05) is 12.2 Å². The van der Waals surface area contributed by atoms with Crippen molar-refractivity contribution in [2.24, 2.45) is 29.6 Å². The summed E-state index contributed by atoms with van der Waals surface area (Å²) in [6.45, 7) is 0.751.